The molecule has 0 saturated carbocycles. The van der Waals surface area contributed by atoms with Crippen LogP contribution in [0.3, 0.4) is 0 Å². The molecule has 0 fully saturated rings. The summed E-state index contributed by atoms with van der Waals surface area (Å²) in [6.07, 6.45) is 4.45. The first-order chi connectivity index (χ1) is 15.0. The first-order valence-electron chi connectivity index (χ1n) is 9.38. The molecule has 1 aromatic heterocycles. The van der Waals surface area contributed by atoms with E-state index in [1.54, 1.807) is 54.7 Å². The van der Waals surface area contributed by atoms with E-state index in [9.17, 15) is 14.4 Å². The van der Waals surface area contributed by atoms with Gasteiger partial charge in [-0.3, -0.25) is 14.6 Å². The number of carbonyl (C=O) groups excluding carboxylic acids is 3. The Morgan fingerprint density at radius 3 is 2.42 bits per heavy atom. The second kappa shape index (κ2) is 10.4. The van der Waals surface area contributed by atoms with Crippen LogP contribution in [0.2, 0.25) is 0 Å². The smallest absolute Gasteiger partial charge is 0.338 e. The van der Waals surface area contributed by atoms with Crippen LogP contribution in [0.25, 0.3) is 0 Å². The predicted octanol–water partition coefficient (Wildman–Crippen LogP) is 2.95. The highest BCUT2D eigenvalue weighted by molar-refractivity contribution is 5.96. The van der Waals surface area contributed by atoms with Gasteiger partial charge < -0.3 is 10.1 Å². The summed E-state index contributed by atoms with van der Waals surface area (Å²) in [6, 6.07) is 16.9. The third-order valence-corrected chi connectivity index (χ3v) is 4.12. The zero-order valence-corrected chi connectivity index (χ0v) is 16.7. The van der Waals surface area contributed by atoms with Gasteiger partial charge in [0.15, 0.2) is 6.61 Å². The number of amides is 2. The Hall–Kier alpha value is -4.33. The number of carbonyl (C=O) groups is 3. The Balaban J connectivity index is 1.46. The van der Waals surface area contributed by atoms with Gasteiger partial charge in [0.25, 0.3) is 11.8 Å². The topological polar surface area (TPSA) is 110 Å². The van der Waals surface area contributed by atoms with E-state index in [-0.39, 0.29) is 5.91 Å². The number of aromatic nitrogens is 1. The van der Waals surface area contributed by atoms with Gasteiger partial charge in [0, 0.05) is 18.1 Å². The Labute approximate surface area is 179 Å². The number of ether oxygens (including phenoxy) is 1. The summed E-state index contributed by atoms with van der Waals surface area (Å²) in [4.78, 5) is 39.8. The third-order valence-electron chi connectivity index (χ3n) is 4.12. The molecule has 0 aliphatic rings. The molecule has 1 heterocycles. The van der Waals surface area contributed by atoms with E-state index >= 15 is 0 Å². The first-order valence-corrected chi connectivity index (χ1v) is 9.38. The predicted molar refractivity (Wildman–Crippen MR) is 116 cm³/mol. The number of hydrogen-bond donors (Lipinski definition) is 2. The highest BCUT2D eigenvalue weighted by Crippen LogP contribution is 2.09. The van der Waals surface area contributed by atoms with Crippen LogP contribution < -0.4 is 10.7 Å². The summed E-state index contributed by atoms with van der Waals surface area (Å²) in [5.41, 5.74) is 5.45. The van der Waals surface area contributed by atoms with Crippen LogP contribution >= 0.6 is 0 Å². The van der Waals surface area contributed by atoms with Gasteiger partial charge >= 0.3 is 5.97 Å². The quantitative estimate of drug-likeness (QED) is 0.350. The number of aryl methyl sites for hydroxylation is 1. The number of benzene rings is 2. The first kappa shape index (κ1) is 21.4. The molecule has 3 rings (SSSR count). The van der Waals surface area contributed by atoms with E-state index in [4.69, 9.17) is 4.74 Å². The summed E-state index contributed by atoms with van der Waals surface area (Å²) in [7, 11) is 0. The Morgan fingerprint density at radius 1 is 1.00 bits per heavy atom. The fourth-order valence-corrected chi connectivity index (χ4v) is 2.48. The second-order valence-electron chi connectivity index (χ2n) is 6.55. The molecule has 0 aliphatic heterocycles. The molecule has 2 aromatic carbocycles. The van der Waals surface area contributed by atoms with Gasteiger partial charge in [-0.15, -0.1) is 0 Å². The van der Waals surface area contributed by atoms with Crippen molar-refractivity contribution in [3.63, 3.8) is 0 Å². The minimum Gasteiger partial charge on any atom is -0.452 e. The van der Waals surface area contributed by atoms with Crippen molar-refractivity contribution in [1.82, 2.24) is 10.4 Å². The van der Waals surface area contributed by atoms with Gasteiger partial charge in [0.05, 0.1) is 17.3 Å². The molecule has 156 valence electrons. The standard InChI is InChI=1S/C23H20N4O4/c1-16-4-10-20(11-5-16)26-21(28)15-31-23(30)18-8-6-17(7-9-18)13-25-27-22(29)19-3-2-12-24-14-19/h2-14H,15H2,1H3,(H,26,28)(H,27,29)/b25-13+. The molecule has 0 unspecified atom stereocenters. The highest BCUT2D eigenvalue weighted by atomic mass is 16.5. The lowest BCUT2D eigenvalue weighted by Crippen LogP contribution is -2.20. The number of rotatable bonds is 7. The maximum Gasteiger partial charge on any atom is 0.338 e. The number of pyridine rings is 1. The van der Waals surface area contributed by atoms with Crippen molar-refractivity contribution in [2.75, 3.05) is 11.9 Å². The number of anilines is 1. The number of hydrazone groups is 1. The van der Waals surface area contributed by atoms with Crippen molar-refractivity contribution in [2.45, 2.75) is 6.92 Å². The summed E-state index contributed by atoms with van der Waals surface area (Å²) in [5, 5.41) is 6.53. The minimum atomic E-state index is -0.618. The molecule has 0 saturated heterocycles. The van der Waals surface area contributed by atoms with Gasteiger partial charge in [-0.1, -0.05) is 29.8 Å². The molecule has 8 heteroatoms. The lowest BCUT2D eigenvalue weighted by Gasteiger charge is -2.07. The third kappa shape index (κ3) is 6.60. The molecule has 2 amide bonds. The molecular weight excluding hydrogens is 396 g/mol. The van der Waals surface area contributed by atoms with Crippen LogP contribution in [-0.2, 0) is 9.53 Å². The molecule has 0 spiro atoms. The van der Waals surface area contributed by atoms with Crippen LogP contribution in [-0.4, -0.2) is 35.6 Å². The number of nitrogens with one attached hydrogen (secondary N) is 2. The maximum absolute atomic E-state index is 12.1. The van der Waals surface area contributed by atoms with E-state index in [1.165, 1.54) is 12.4 Å². The largest absolute Gasteiger partial charge is 0.452 e. The normalized spacial score (nSPS) is 10.5. The Bertz CT molecular complexity index is 1080. The van der Waals surface area contributed by atoms with E-state index in [0.717, 1.165) is 5.56 Å². The van der Waals surface area contributed by atoms with Crippen LogP contribution in [0.1, 0.15) is 31.8 Å². The van der Waals surface area contributed by atoms with Crippen LogP contribution in [0.5, 0.6) is 0 Å². The van der Waals surface area contributed by atoms with Gasteiger partial charge in [0.2, 0.25) is 0 Å². The number of nitrogens with zero attached hydrogens (tertiary/aromatic N) is 2. The fourth-order valence-electron chi connectivity index (χ4n) is 2.48. The zero-order valence-electron chi connectivity index (χ0n) is 16.7. The average Bonchev–Trinajstić information content (AvgIpc) is 2.80. The highest BCUT2D eigenvalue weighted by Gasteiger charge is 2.10. The molecular formula is C23H20N4O4. The summed E-state index contributed by atoms with van der Waals surface area (Å²) in [6.45, 7) is 1.55. The molecule has 0 bridgehead atoms. The van der Waals surface area contributed by atoms with Crippen molar-refractivity contribution in [3.05, 3.63) is 95.3 Å². The van der Waals surface area contributed by atoms with Gasteiger partial charge in [-0.25, -0.2) is 10.2 Å². The Morgan fingerprint density at radius 2 is 1.74 bits per heavy atom. The fraction of sp³-hybridized carbons (Fsp3) is 0.0870. The number of esters is 1. The van der Waals surface area contributed by atoms with Gasteiger partial charge in [-0.05, 0) is 48.9 Å². The van der Waals surface area contributed by atoms with Gasteiger partial charge in [-0.2, -0.15) is 5.10 Å². The van der Waals surface area contributed by atoms with Crippen molar-refractivity contribution < 1.29 is 19.1 Å². The van der Waals surface area contributed by atoms with Crippen LogP contribution in [0, 0.1) is 6.92 Å². The minimum absolute atomic E-state index is 0.291. The Kier molecular flexibility index (Phi) is 7.21. The maximum atomic E-state index is 12.1. The van der Waals surface area contributed by atoms with Crippen molar-refractivity contribution in [1.29, 1.82) is 0 Å². The molecule has 3 aromatic rings. The zero-order chi connectivity index (χ0) is 22.1. The SMILES string of the molecule is Cc1ccc(NC(=O)COC(=O)c2ccc(/C=N/NC(=O)c3cccnc3)cc2)cc1. The average molecular weight is 416 g/mol. The molecule has 8 nitrogen and oxygen atoms in total. The second-order valence-corrected chi connectivity index (χ2v) is 6.55. The molecule has 0 atom stereocenters. The van der Waals surface area contributed by atoms with E-state index < -0.39 is 18.5 Å². The van der Waals surface area contributed by atoms with Crippen molar-refractivity contribution in [3.8, 4) is 0 Å². The molecule has 2 N–H and O–H groups in total. The van der Waals surface area contributed by atoms with E-state index in [0.29, 0.717) is 22.4 Å². The van der Waals surface area contributed by atoms with Crippen molar-refractivity contribution >= 4 is 29.7 Å². The van der Waals surface area contributed by atoms with E-state index in [2.05, 4.69) is 20.8 Å². The lowest BCUT2D eigenvalue weighted by atomic mass is 10.1. The van der Waals surface area contributed by atoms with E-state index in [1.807, 2.05) is 19.1 Å². The lowest BCUT2D eigenvalue weighted by molar-refractivity contribution is -0.119. The van der Waals surface area contributed by atoms with Crippen LogP contribution in [0.4, 0.5) is 5.69 Å². The summed E-state index contributed by atoms with van der Waals surface area (Å²) < 4.78 is 5.04. The summed E-state index contributed by atoms with van der Waals surface area (Å²) in [5.74, 6) is -1.42. The monoisotopic (exact) mass is 416 g/mol. The molecule has 31 heavy (non-hydrogen) atoms. The summed E-state index contributed by atoms with van der Waals surface area (Å²) >= 11 is 0. The van der Waals surface area contributed by atoms with Crippen LogP contribution in [0.15, 0.2) is 78.2 Å². The molecule has 0 radical (unpaired) electrons. The van der Waals surface area contributed by atoms with Crippen molar-refractivity contribution in [2.24, 2.45) is 5.10 Å². The van der Waals surface area contributed by atoms with Gasteiger partial charge in [0.1, 0.15) is 0 Å². The molecule has 0 aliphatic carbocycles. The number of hydrogen-bond acceptors (Lipinski definition) is 6.